The van der Waals surface area contributed by atoms with Gasteiger partial charge in [0, 0.05) is 6.54 Å². The number of aromatic nitrogens is 3. The second kappa shape index (κ2) is 3.89. The summed E-state index contributed by atoms with van der Waals surface area (Å²) in [6.45, 7) is 5.21. The van der Waals surface area contributed by atoms with Gasteiger partial charge in [-0.3, -0.25) is 0 Å². The molecule has 12 heavy (non-hydrogen) atoms. The fourth-order valence-electron chi connectivity index (χ4n) is 0.862. The van der Waals surface area contributed by atoms with Gasteiger partial charge in [0.15, 0.2) is 4.73 Å². The third-order valence-corrected chi connectivity index (χ3v) is 2.15. The SMILES string of the molecule is CC(C)CCn1nc(N)nc1Br. The lowest BCUT2D eigenvalue weighted by atomic mass is 10.1. The van der Waals surface area contributed by atoms with E-state index in [0.29, 0.717) is 16.6 Å². The van der Waals surface area contributed by atoms with Crippen molar-refractivity contribution in [2.45, 2.75) is 26.8 Å². The van der Waals surface area contributed by atoms with Crippen LogP contribution in [0.4, 0.5) is 5.95 Å². The molecule has 0 saturated carbocycles. The first-order valence-corrected chi connectivity index (χ1v) is 4.74. The molecule has 1 aromatic heterocycles. The Kier molecular flexibility index (Phi) is 3.08. The minimum Gasteiger partial charge on any atom is -0.366 e. The standard InChI is InChI=1S/C7H13BrN4/c1-5(2)3-4-12-6(8)10-7(9)11-12/h5H,3-4H2,1-2H3,(H2,9,11). The van der Waals surface area contributed by atoms with E-state index in [0.717, 1.165) is 13.0 Å². The quantitative estimate of drug-likeness (QED) is 0.863. The normalized spacial score (nSPS) is 11.0. The van der Waals surface area contributed by atoms with Crippen LogP contribution in [0.1, 0.15) is 20.3 Å². The Morgan fingerprint density at radius 2 is 2.25 bits per heavy atom. The molecule has 1 heterocycles. The van der Waals surface area contributed by atoms with Gasteiger partial charge < -0.3 is 5.73 Å². The number of nitrogens with two attached hydrogens (primary N) is 1. The third-order valence-electron chi connectivity index (χ3n) is 1.56. The molecule has 1 rings (SSSR count). The Morgan fingerprint density at radius 3 is 2.67 bits per heavy atom. The molecule has 0 saturated heterocycles. The first-order valence-electron chi connectivity index (χ1n) is 3.95. The van der Waals surface area contributed by atoms with Crippen LogP contribution >= 0.6 is 15.9 Å². The average molecular weight is 233 g/mol. The van der Waals surface area contributed by atoms with Gasteiger partial charge in [-0.1, -0.05) is 13.8 Å². The molecule has 0 atom stereocenters. The zero-order valence-corrected chi connectivity index (χ0v) is 8.87. The summed E-state index contributed by atoms with van der Waals surface area (Å²) in [5.74, 6) is 0.993. The molecule has 5 heteroatoms. The summed E-state index contributed by atoms with van der Waals surface area (Å²) >= 11 is 3.28. The van der Waals surface area contributed by atoms with Gasteiger partial charge in [-0.15, -0.1) is 5.10 Å². The van der Waals surface area contributed by atoms with E-state index in [1.807, 2.05) is 0 Å². The maximum atomic E-state index is 5.41. The van der Waals surface area contributed by atoms with E-state index in [2.05, 4.69) is 39.9 Å². The molecule has 0 amide bonds. The highest BCUT2D eigenvalue weighted by atomic mass is 79.9. The highest BCUT2D eigenvalue weighted by Crippen LogP contribution is 2.10. The predicted octanol–water partition coefficient (Wildman–Crippen LogP) is 1.67. The molecule has 0 bridgehead atoms. The number of hydrogen-bond donors (Lipinski definition) is 1. The second-order valence-electron chi connectivity index (χ2n) is 3.14. The predicted molar refractivity (Wildman–Crippen MR) is 51.6 cm³/mol. The molecule has 2 N–H and O–H groups in total. The topological polar surface area (TPSA) is 56.7 Å². The van der Waals surface area contributed by atoms with Crippen LogP contribution in [0.25, 0.3) is 0 Å². The Balaban J connectivity index is 2.57. The molecular formula is C7H13BrN4. The molecule has 68 valence electrons. The summed E-state index contributed by atoms with van der Waals surface area (Å²) in [6, 6.07) is 0. The lowest BCUT2D eigenvalue weighted by Crippen LogP contribution is -2.04. The number of halogens is 1. The fourth-order valence-corrected chi connectivity index (χ4v) is 1.30. The Morgan fingerprint density at radius 1 is 1.58 bits per heavy atom. The zero-order valence-electron chi connectivity index (χ0n) is 7.29. The van der Waals surface area contributed by atoms with Crippen LogP contribution in [-0.2, 0) is 6.54 Å². The summed E-state index contributed by atoms with van der Waals surface area (Å²) in [7, 11) is 0. The van der Waals surface area contributed by atoms with Crippen molar-refractivity contribution in [2.75, 3.05) is 5.73 Å². The minimum absolute atomic E-state index is 0.325. The molecule has 4 nitrogen and oxygen atoms in total. The van der Waals surface area contributed by atoms with Crippen LogP contribution in [0.3, 0.4) is 0 Å². The van der Waals surface area contributed by atoms with Crippen molar-refractivity contribution in [1.29, 1.82) is 0 Å². The number of hydrogen-bond acceptors (Lipinski definition) is 3. The second-order valence-corrected chi connectivity index (χ2v) is 3.85. The van der Waals surface area contributed by atoms with Crippen LogP contribution in [0.5, 0.6) is 0 Å². The molecule has 0 radical (unpaired) electrons. The first-order chi connectivity index (χ1) is 5.59. The molecule has 0 fully saturated rings. The van der Waals surface area contributed by atoms with Crippen LogP contribution in [0.15, 0.2) is 4.73 Å². The summed E-state index contributed by atoms with van der Waals surface area (Å²) < 4.78 is 2.48. The van der Waals surface area contributed by atoms with E-state index < -0.39 is 0 Å². The number of nitrogen functional groups attached to an aromatic ring is 1. The van der Waals surface area contributed by atoms with E-state index in [9.17, 15) is 0 Å². The van der Waals surface area contributed by atoms with Crippen molar-refractivity contribution in [3.63, 3.8) is 0 Å². The van der Waals surface area contributed by atoms with Gasteiger partial charge in [0.25, 0.3) is 0 Å². The highest BCUT2D eigenvalue weighted by Gasteiger charge is 2.04. The molecule has 0 aliphatic carbocycles. The van der Waals surface area contributed by atoms with Gasteiger partial charge in [0.05, 0.1) is 0 Å². The van der Waals surface area contributed by atoms with E-state index in [4.69, 9.17) is 5.73 Å². The summed E-state index contributed by atoms with van der Waals surface area (Å²) in [4.78, 5) is 3.94. The van der Waals surface area contributed by atoms with Crippen molar-refractivity contribution in [1.82, 2.24) is 14.8 Å². The summed E-state index contributed by atoms with van der Waals surface area (Å²) in [5, 5.41) is 4.02. The number of aryl methyl sites for hydroxylation is 1. The van der Waals surface area contributed by atoms with Crippen LogP contribution in [0.2, 0.25) is 0 Å². The van der Waals surface area contributed by atoms with Crippen LogP contribution in [0, 0.1) is 5.92 Å². The van der Waals surface area contributed by atoms with Crippen molar-refractivity contribution in [2.24, 2.45) is 5.92 Å². The zero-order chi connectivity index (χ0) is 9.14. The minimum atomic E-state index is 0.325. The maximum Gasteiger partial charge on any atom is 0.240 e. The van der Waals surface area contributed by atoms with Crippen LogP contribution < -0.4 is 5.73 Å². The highest BCUT2D eigenvalue weighted by molar-refractivity contribution is 9.10. The Hall–Kier alpha value is -0.580. The van der Waals surface area contributed by atoms with Crippen LogP contribution in [-0.4, -0.2) is 14.8 Å². The van der Waals surface area contributed by atoms with Gasteiger partial charge in [-0.25, -0.2) is 4.68 Å². The Bertz CT molecular complexity index is 256. The molecule has 0 aromatic carbocycles. The van der Waals surface area contributed by atoms with Gasteiger partial charge in [0.2, 0.25) is 5.95 Å². The van der Waals surface area contributed by atoms with Gasteiger partial charge in [0.1, 0.15) is 0 Å². The lowest BCUT2D eigenvalue weighted by molar-refractivity contribution is 0.481. The number of anilines is 1. The molecule has 0 unspecified atom stereocenters. The molecule has 0 aliphatic rings. The van der Waals surface area contributed by atoms with Gasteiger partial charge in [-0.2, -0.15) is 4.98 Å². The summed E-state index contributed by atoms with van der Waals surface area (Å²) in [5.41, 5.74) is 5.41. The molecule has 0 spiro atoms. The fraction of sp³-hybridized carbons (Fsp3) is 0.714. The monoisotopic (exact) mass is 232 g/mol. The van der Waals surface area contributed by atoms with Gasteiger partial charge >= 0.3 is 0 Å². The van der Waals surface area contributed by atoms with Crippen molar-refractivity contribution < 1.29 is 0 Å². The van der Waals surface area contributed by atoms with E-state index >= 15 is 0 Å². The largest absolute Gasteiger partial charge is 0.366 e. The molecule has 0 aliphatic heterocycles. The lowest BCUT2D eigenvalue weighted by Gasteiger charge is -2.03. The van der Waals surface area contributed by atoms with E-state index in [1.165, 1.54) is 0 Å². The smallest absolute Gasteiger partial charge is 0.240 e. The van der Waals surface area contributed by atoms with E-state index in [1.54, 1.807) is 4.68 Å². The third kappa shape index (κ3) is 2.48. The maximum absolute atomic E-state index is 5.41. The molecule has 1 aromatic rings. The number of nitrogens with zero attached hydrogens (tertiary/aromatic N) is 3. The van der Waals surface area contributed by atoms with Crippen molar-refractivity contribution in [3.8, 4) is 0 Å². The Labute approximate surface area is 80.3 Å². The van der Waals surface area contributed by atoms with Crippen molar-refractivity contribution >= 4 is 21.9 Å². The number of rotatable bonds is 3. The summed E-state index contributed by atoms with van der Waals surface area (Å²) in [6.07, 6.45) is 1.08. The van der Waals surface area contributed by atoms with Crippen molar-refractivity contribution in [3.05, 3.63) is 4.73 Å². The average Bonchev–Trinajstić information content (AvgIpc) is 2.26. The van der Waals surface area contributed by atoms with Gasteiger partial charge in [-0.05, 0) is 28.3 Å². The first kappa shape index (κ1) is 9.51. The molecular weight excluding hydrogens is 220 g/mol. The van der Waals surface area contributed by atoms with E-state index in [-0.39, 0.29) is 0 Å².